The molecule has 1 aromatic rings. The van der Waals surface area contributed by atoms with Crippen LogP contribution >= 0.6 is 11.8 Å². The smallest absolute Gasteiger partial charge is 0.232 e. The van der Waals surface area contributed by atoms with E-state index in [4.69, 9.17) is 0 Å². The van der Waals surface area contributed by atoms with E-state index in [1.54, 1.807) is 11.8 Å². The zero-order valence-electron chi connectivity index (χ0n) is 12.9. The van der Waals surface area contributed by atoms with Gasteiger partial charge < -0.3 is 10.2 Å². The summed E-state index contributed by atoms with van der Waals surface area (Å²) in [5.41, 5.74) is 1.29. The Labute approximate surface area is 132 Å². The van der Waals surface area contributed by atoms with Crippen molar-refractivity contribution in [3.8, 4) is 0 Å². The second kappa shape index (κ2) is 9.11. The molecule has 1 fully saturated rings. The van der Waals surface area contributed by atoms with E-state index in [1.807, 2.05) is 4.90 Å². The van der Waals surface area contributed by atoms with E-state index in [0.717, 1.165) is 39.0 Å². The lowest BCUT2D eigenvalue weighted by molar-refractivity contribution is -0.128. The van der Waals surface area contributed by atoms with Crippen LogP contribution in [0.2, 0.25) is 0 Å². The van der Waals surface area contributed by atoms with Crippen LogP contribution in [-0.2, 0) is 11.3 Å². The third-order valence-electron chi connectivity index (χ3n) is 3.82. The normalized spacial score (nSPS) is 15.8. The fourth-order valence-corrected chi connectivity index (χ4v) is 3.33. The van der Waals surface area contributed by atoms with Crippen LogP contribution in [0.5, 0.6) is 0 Å². The third kappa shape index (κ3) is 5.71. The zero-order chi connectivity index (χ0) is 14.9. The molecule has 0 aliphatic carbocycles. The number of thioether (sulfide) groups is 1. The monoisotopic (exact) mass is 306 g/mol. The quantitative estimate of drug-likeness (QED) is 0.819. The summed E-state index contributed by atoms with van der Waals surface area (Å²) >= 11 is 1.65. The number of rotatable bonds is 6. The first kappa shape index (κ1) is 16.4. The minimum Gasteiger partial charge on any atom is -0.342 e. The van der Waals surface area contributed by atoms with Crippen molar-refractivity contribution in [2.45, 2.75) is 44.0 Å². The fraction of sp³-hybridized carbons (Fsp3) is 0.588. The summed E-state index contributed by atoms with van der Waals surface area (Å²) < 4.78 is 0. The fourth-order valence-electron chi connectivity index (χ4n) is 2.53. The van der Waals surface area contributed by atoms with Crippen LogP contribution in [0, 0.1) is 0 Å². The summed E-state index contributed by atoms with van der Waals surface area (Å²) in [6, 6.07) is 8.52. The van der Waals surface area contributed by atoms with Gasteiger partial charge in [0.05, 0.1) is 5.75 Å². The van der Waals surface area contributed by atoms with Gasteiger partial charge in [-0.25, -0.2) is 0 Å². The average molecular weight is 306 g/mol. The number of likely N-dealkylation sites (tertiary alicyclic amines) is 1. The molecule has 3 nitrogen and oxygen atoms in total. The van der Waals surface area contributed by atoms with E-state index in [0.29, 0.717) is 11.7 Å². The average Bonchev–Trinajstić information content (AvgIpc) is 2.81. The Kier molecular flexibility index (Phi) is 7.10. The van der Waals surface area contributed by atoms with Gasteiger partial charge in [-0.05, 0) is 37.1 Å². The predicted octanol–water partition coefficient (Wildman–Crippen LogP) is 3.29. The van der Waals surface area contributed by atoms with Crippen molar-refractivity contribution in [3.63, 3.8) is 0 Å². The highest BCUT2D eigenvalue weighted by atomic mass is 32.2. The molecule has 0 spiro atoms. The maximum absolute atomic E-state index is 12.2. The zero-order valence-corrected chi connectivity index (χ0v) is 13.8. The highest BCUT2D eigenvalue weighted by Gasteiger charge is 2.15. The largest absolute Gasteiger partial charge is 0.342 e. The first-order chi connectivity index (χ1) is 10.3. The van der Waals surface area contributed by atoms with Gasteiger partial charge in [0.15, 0.2) is 0 Å². The van der Waals surface area contributed by atoms with Crippen LogP contribution < -0.4 is 5.32 Å². The van der Waals surface area contributed by atoms with Gasteiger partial charge in [0.1, 0.15) is 0 Å². The molecule has 1 saturated heterocycles. The van der Waals surface area contributed by atoms with Crippen LogP contribution in [0.1, 0.15) is 38.2 Å². The molecule has 21 heavy (non-hydrogen) atoms. The second-order valence-corrected chi connectivity index (χ2v) is 6.56. The highest BCUT2D eigenvalue weighted by molar-refractivity contribution is 8.00. The molecule has 0 saturated carbocycles. The Bertz CT molecular complexity index is 425. The molecule has 2 rings (SSSR count). The number of carbonyl (C=O) groups is 1. The number of hydrogen-bond donors (Lipinski definition) is 1. The molecule has 0 radical (unpaired) electrons. The molecule has 1 aliphatic heterocycles. The summed E-state index contributed by atoms with van der Waals surface area (Å²) in [7, 11) is 0. The van der Waals surface area contributed by atoms with Gasteiger partial charge in [-0.1, -0.05) is 31.9 Å². The van der Waals surface area contributed by atoms with Crippen molar-refractivity contribution in [1.82, 2.24) is 10.2 Å². The molecule has 116 valence electrons. The van der Waals surface area contributed by atoms with Crippen LogP contribution in [0.25, 0.3) is 0 Å². The molecule has 1 aromatic carbocycles. The molecular formula is C17H26N2OS. The molecule has 0 unspecified atom stereocenters. The van der Waals surface area contributed by atoms with Crippen molar-refractivity contribution >= 4 is 17.7 Å². The van der Waals surface area contributed by atoms with Gasteiger partial charge >= 0.3 is 0 Å². The van der Waals surface area contributed by atoms with Crippen LogP contribution in [0.15, 0.2) is 29.2 Å². The molecule has 1 aliphatic rings. The summed E-state index contributed by atoms with van der Waals surface area (Å²) in [5.74, 6) is 0.852. The summed E-state index contributed by atoms with van der Waals surface area (Å²) in [6.07, 6.45) is 4.86. The minimum atomic E-state index is 0.290. The van der Waals surface area contributed by atoms with Crippen LogP contribution in [-0.4, -0.2) is 36.2 Å². The maximum Gasteiger partial charge on any atom is 0.232 e. The van der Waals surface area contributed by atoms with Gasteiger partial charge in [0.25, 0.3) is 0 Å². The van der Waals surface area contributed by atoms with Gasteiger partial charge in [-0.3, -0.25) is 4.79 Å². The lowest BCUT2D eigenvalue weighted by atomic mass is 10.2. The SMILES string of the molecule is CCNCc1ccc(SCC(=O)N2CCCCCC2)cc1. The van der Waals surface area contributed by atoms with E-state index in [1.165, 1.54) is 23.3 Å². The topological polar surface area (TPSA) is 32.3 Å². The number of benzene rings is 1. The van der Waals surface area contributed by atoms with E-state index >= 15 is 0 Å². The lowest BCUT2D eigenvalue weighted by Crippen LogP contribution is -2.33. The minimum absolute atomic E-state index is 0.290. The van der Waals surface area contributed by atoms with Crippen molar-refractivity contribution in [3.05, 3.63) is 29.8 Å². The second-order valence-electron chi connectivity index (χ2n) is 5.51. The van der Waals surface area contributed by atoms with Crippen LogP contribution in [0.3, 0.4) is 0 Å². The summed E-state index contributed by atoms with van der Waals surface area (Å²) in [5, 5.41) is 3.32. The van der Waals surface area contributed by atoms with Crippen molar-refractivity contribution in [1.29, 1.82) is 0 Å². The standard InChI is InChI=1S/C17H26N2OS/c1-2-18-13-15-7-9-16(10-8-15)21-14-17(20)19-11-5-3-4-6-12-19/h7-10,18H,2-6,11-14H2,1H3. The Morgan fingerprint density at radius 2 is 1.81 bits per heavy atom. The summed E-state index contributed by atoms with van der Waals surface area (Å²) in [4.78, 5) is 15.4. The van der Waals surface area contributed by atoms with Crippen molar-refractivity contribution in [2.75, 3.05) is 25.4 Å². The third-order valence-corrected chi connectivity index (χ3v) is 4.82. The van der Waals surface area contributed by atoms with E-state index in [2.05, 4.69) is 36.5 Å². The molecule has 0 aromatic heterocycles. The van der Waals surface area contributed by atoms with E-state index in [-0.39, 0.29) is 0 Å². The molecular weight excluding hydrogens is 280 g/mol. The molecule has 4 heteroatoms. The maximum atomic E-state index is 12.2. The number of amides is 1. The van der Waals surface area contributed by atoms with Gasteiger partial charge in [-0.2, -0.15) is 0 Å². The summed E-state index contributed by atoms with van der Waals surface area (Å²) in [6.45, 7) is 5.90. The van der Waals surface area contributed by atoms with Gasteiger partial charge in [0, 0.05) is 24.5 Å². The Hall–Kier alpha value is -1.00. The van der Waals surface area contributed by atoms with Crippen LogP contribution in [0.4, 0.5) is 0 Å². The molecule has 0 atom stereocenters. The van der Waals surface area contributed by atoms with Gasteiger partial charge in [-0.15, -0.1) is 11.8 Å². The molecule has 1 N–H and O–H groups in total. The Morgan fingerprint density at radius 3 is 2.43 bits per heavy atom. The van der Waals surface area contributed by atoms with Gasteiger partial charge in [0.2, 0.25) is 5.91 Å². The number of nitrogens with one attached hydrogen (secondary N) is 1. The number of nitrogens with zero attached hydrogens (tertiary/aromatic N) is 1. The highest BCUT2D eigenvalue weighted by Crippen LogP contribution is 2.20. The molecule has 1 heterocycles. The number of carbonyl (C=O) groups excluding carboxylic acids is 1. The van der Waals surface area contributed by atoms with E-state index < -0.39 is 0 Å². The van der Waals surface area contributed by atoms with E-state index in [9.17, 15) is 4.79 Å². The number of hydrogen-bond acceptors (Lipinski definition) is 3. The lowest BCUT2D eigenvalue weighted by Gasteiger charge is -2.19. The molecule has 0 bridgehead atoms. The predicted molar refractivity (Wildman–Crippen MR) is 89.6 cm³/mol. The Balaban J connectivity index is 1.77. The first-order valence-electron chi connectivity index (χ1n) is 8.00. The Morgan fingerprint density at radius 1 is 1.14 bits per heavy atom. The van der Waals surface area contributed by atoms with Crippen molar-refractivity contribution in [2.24, 2.45) is 0 Å². The van der Waals surface area contributed by atoms with Crippen molar-refractivity contribution < 1.29 is 4.79 Å². The molecule has 1 amide bonds. The first-order valence-corrected chi connectivity index (χ1v) is 8.98.